The normalized spacial score (nSPS) is 13.3. The lowest BCUT2D eigenvalue weighted by molar-refractivity contribution is 0.0960. The van der Waals surface area contributed by atoms with Crippen LogP contribution in [-0.4, -0.2) is 32.3 Å². The van der Waals surface area contributed by atoms with Crippen LogP contribution in [0.4, 0.5) is 0 Å². The Balaban J connectivity index is 2.77. The van der Waals surface area contributed by atoms with Crippen molar-refractivity contribution in [3.63, 3.8) is 0 Å². The molecule has 0 amide bonds. The third kappa shape index (κ3) is 4.40. The van der Waals surface area contributed by atoms with Crippen molar-refractivity contribution in [1.29, 1.82) is 0 Å². The molecule has 0 spiro atoms. The maximum Gasteiger partial charge on any atom is 0.179 e. The van der Waals surface area contributed by atoms with Gasteiger partial charge in [-0.1, -0.05) is 23.7 Å². The molecule has 0 saturated heterocycles. The molecule has 1 aromatic rings. The van der Waals surface area contributed by atoms with Crippen LogP contribution in [0.15, 0.2) is 18.2 Å². The lowest BCUT2D eigenvalue weighted by Gasteiger charge is -2.10. The van der Waals surface area contributed by atoms with E-state index in [1.54, 1.807) is 18.2 Å². The Morgan fingerprint density at radius 2 is 2.06 bits per heavy atom. The van der Waals surface area contributed by atoms with Crippen molar-refractivity contribution < 1.29 is 13.2 Å². The first-order chi connectivity index (χ1) is 8.20. The zero-order valence-electron chi connectivity index (χ0n) is 10.3. The Bertz CT molecular complexity index is 554. The second-order valence-electron chi connectivity index (χ2n) is 4.35. The zero-order chi connectivity index (χ0) is 13.9. The van der Waals surface area contributed by atoms with Crippen molar-refractivity contribution in [2.45, 2.75) is 19.4 Å². The molecule has 0 aliphatic carbocycles. The van der Waals surface area contributed by atoms with Gasteiger partial charge in [-0.3, -0.25) is 4.79 Å². The Morgan fingerprint density at radius 3 is 2.56 bits per heavy atom. The van der Waals surface area contributed by atoms with Crippen LogP contribution in [0, 0.1) is 6.92 Å². The largest absolute Gasteiger partial charge is 0.321 e. The van der Waals surface area contributed by atoms with Crippen molar-refractivity contribution in [1.82, 2.24) is 0 Å². The summed E-state index contributed by atoms with van der Waals surface area (Å²) in [6.07, 6.45) is 1.23. The number of Topliss-reactive ketones (excluding diaryl/α,β-unsaturated/α-hetero) is 1. The lowest BCUT2D eigenvalue weighted by Crippen LogP contribution is -2.32. The van der Waals surface area contributed by atoms with E-state index in [-0.39, 0.29) is 18.0 Å². The summed E-state index contributed by atoms with van der Waals surface area (Å²) in [5, 5.41) is 0.496. The molecule has 2 N–H and O–H groups in total. The first-order valence-corrected chi connectivity index (χ1v) is 7.88. The molecule has 1 rings (SSSR count). The standard InChI is InChI=1S/C12H16ClNO3S/c1-8-3-4-9(7-10(8)13)12(15)11(14)5-6-18(2,16)17/h3-4,7,11H,5-6,14H2,1-2H3. The summed E-state index contributed by atoms with van der Waals surface area (Å²) in [6, 6.07) is 4.11. The zero-order valence-corrected chi connectivity index (χ0v) is 11.9. The SMILES string of the molecule is Cc1ccc(C(=O)C(N)CCS(C)(=O)=O)cc1Cl. The van der Waals surface area contributed by atoms with Gasteiger partial charge < -0.3 is 5.73 Å². The molecule has 1 atom stereocenters. The number of sulfone groups is 1. The summed E-state index contributed by atoms with van der Waals surface area (Å²) in [4.78, 5) is 11.9. The molecule has 6 heteroatoms. The van der Waals surface area contributed by atoms with E-state index < -0.39 is 15.9 Å². The fourth-order valence-electron chi connectivity index (χ4n) is 1.43. The van der Waals surface area contributed by atoms with Crippen molar-refractivity contribution in [2.24, 2.45) is 5.73 Å². The number of ketones is 1. The van der Waals surface area contributed by atoms with Crippen molar-refractivity contribution >= 4 is 27.2 Å². The Hall–Kier alpha value is -0.910. The Morgan fingerprint density at radius 1 is 1.44 bits per heavy atom. The smallest absolute Gasteiger partial charge is 0.179 e. The molecule has 0 bridgehead atoms. The number of halogens is 1. The van der Waals surface area contributed by atoms with Crippen LogP contribution in [-0.2, 0) is 9.84 Å². The van der Waals surface area contributed by atoms with E-state index in [0.29, 0.717) is 10.6 Å². The first-order valence-electron chi connectivity index (χ1n) is 5.44. The molecule has 0 fully saturated rings. The third-order valence-electron chi connectivity index (χ3n) is 2.59. The average Bonchev–Trinajstić information content (AvgIpc) is 2.27. The van der Waals surface area contributed by atoms with Crippen LogP contribution in [0.5, 0.6) is 0 Å². The number of aryl methyl sites for hydroxylation is 1. The predicted molar refractivity (Wildman–Crippen MR) is 72.8 cm³/mol. The summed E-state index contributed by atoms with van der Waals surface area (Å²) in [6.45, 7) is 1.83. The summed E-state index contributed by atoms with van der Waals surface area (Å²) in [7, 11) is -3.11. The van der Waals surface area contributed by atoms with Crippen LogP contribution in [0.1, 0.15) is 22.3 Å². The Kier molecular flexibility index (Phi) is 4.90. The summed E-state index contributed by atoms with van der Waals surface area (Å²) < 4.78 is 22.0. The molecule has 0 aliphatic heterocycles. The minimum Gasteiger partial charge on any atom is -0.321 e. The molecule has 100 valence electrons. The topological polar surface area (TPSA) is 77.2 Å². The number of rotatable bonds is 5. The van der Waals surface area contributed by atoms with Gasteiger partial charge >= 0.3 is 0 Å². The molecular weight excluding hydrogens is 274 g/mol. The highest BCUT2D eigenvalue weighted by Gasteiger charge is 2.18. The monoisotopic (exact) mass is 289 g/mol. The molecule has 0 aromatic heterocycles. The molecule has 18 heavy (non-hydrogen) atoms. The quantitative estimate of drug-likeness (QED) is 0.835. The molecule has 0 aliphatic rings. The van der Waals surface area contributed by atoms with Crippen LogP contribution in [0.25, 0.3) is 0 Å². The van der Waals surface area contributed by atoms with Gasteiger partial charge in [0.05, 0.1) is 11.8 Å². The lowest BCUT2D eigenvalue weighted by atomic mass is 10.0. The van der Waals surface area contributed by atoms with Gasteiger partial charge in [-0.2, -0.15) is 0 Å². The van der Waals surface area contributed by atoms with E-state index in [2.05, 4.69) is 0 Å². The maximum atomic E-state index is 11.9. The van der Waals surface area contributed by atoms with Gasteiger partial charge in [-0.25, -0.2) is 8.42 Å². The van der Waals surface area contributed by atoms with E-state index in [9.17, 15) is 13.2 Å². The second-order valence-corrected chi connectivity index (χ2v) is 7.02. The fourth-order valence-corrected chi connectivity index (χ4v) is 2.29. The van der Waals surface area contributed by atoms with E-state index in [1.165, 1.54) is 0 Å². The minimum absolute atomic E-state index is 0.0977. The van der Waals surface area contributed by atoms with Gasteiger partial charge in [0.15, 0.2) is 5.78 Å². The van der Waals surface area contributed by atoms with E-state index in [4.69, 9.17) is 17.3 Å². The molecule has 1 unspecified atom stereocenters. The maximum absolute atomic E-state index is 11.9. The number of hydrogen-bond donors (Lipinski definition) is 1. The molecule has 0 heterocycles. The summed E-state index contributed by atoms with van der Waals surface area (Å²) in [5.41, 5.74) is 6.97. The van der Waals surface area contributed by atoms with Gasteiger partial charge in [0.25, 0.3) is 0 Å². The van der Waals surface area contributed by atoms with E-state index in [1.807, 2.05) is 6.92 Å². The van der Waals surface area contributed by atoms with Crippen molar-refractivity contribution in [3.8, 4) is 0 Å². The van der Waals surface area contributed by atoms with Crippen molar-refractivity contribution in [3.05, 3.63) is 34.3 Å². The Labute approximate surface area is 112 Å². The van der Waals surface area contributed by atoms with Gasteiger partial charge in [0.1, 0.15) is 9.84 Å². The number of carbonyl (C=O) groups is 1. The van der Waals surface area contributed by atoms with Crippen molar-refractivity contribution in [2.75, 3.05) is 12.0 Å². The number of carbonyl (C=O) groups excluding carboxylic acids is 1. The third-order valence-corrected chi connectivity index (χ3v) is 3.98. The number of hydrogen-bond acceptors (Lipinski definition) is 4. The van der Waals surface area contributed by atoms with Gasteiger partial charge in [-0.15, -0.1) is 0 Å². The average molecular weight is 290 g/mol. The first kappa shape index (κ1) is 15.1. The van der Waals surface area contributed by atoms with Crippen LogP contribution in [0.3, 0.4) is 0 Å². The highest BCUT2D eigenvalue weighted by atomic mass is 35.5. The molecular formula is C12H16ClNO3S. The predicted octanol–water partition coefficient (Wildman–Crippen LogP) is 1.59. The molecule has 4 nitrogen and oxygen atoms in total. The van der Waals surface area contributed by atoms with Gasteiger partial charge in [0.2, 0.25) is 0 Å². The van der Waals surface area contributed by atoms with Gasteiger partial charge in [-0.05, 0) is 25.0 Å². The number of benzene rings is 1. The van der Waals surface area contributed by atoms with Crippen LogP contribution in [0.2, 0.25) is 5.02 Å². The summed E-state index contributed by atoms with van der Waals surface area (Å²) >= 11 is 5.92. The second kappa shape index (κ2) is 5.82. The highest BCUT2D eigenvalue weighted by Crippen LogP contribution is 2.18. The molecule has 0 saturated carbocycles. The number of nitrogens with two attached hydrogens (primary N) is 1. The summed E-state index contributed by atoms with van der Waals surface area (Å²) in [5.74, 6) is -0.389. The molecule has 1 aromatic carbocycles. The highest BCUT2D eigenvalue weighted by molar-refractivity contribution is 7.90. The van der Waals surface area contributed by atoms with Crippen LogP contribution < -0.4 is 5.73 Å². The van der Waals surface area contributed by atoms with Gasteiger partial charge in [0, 0.05) is 16.8 Å². The fraction of sp³-hybridized carbons (Fsp3) is 0.417. The van der Waals surface area contributed by atoms with E-state index >= 15 is 0 Å². The van der Waals surface area contributed by atoms with E-state index in [0.717, 1.165) is 11.8 Å². The molecule has 0 radical (unpaired) electrons. The van der Waals surface area contributed by atoms with Crippen LogP contribution >= 0.6 is 11.6 Å². The minimum atomic E-state index is -3.11.